The van der Waals surface area contributed by atoms with Crippen LogP contribution in [0.1, 0.15) is 13.8 Å². The number of hydrogen-bond donors (Lipinski definition) is 1. The first kappa shape index (κ1) is 12.8. The fraction of sp³-hybridized carbons (Fsp3) is 0.400. The second-order valence-corrected chi connectivity index (χ2v) is 2.12. The number of hydrogen-bond acceptors (Lipinski definition) is 1. The van der Waals surface area contributed by atoms with Crippen LogP contribution in [0.5, 0.6) is 0 Å². The van der Waals surface area contributed by atoms with Gasteiger partial charge in [-0.2, -0.15) is 0 Å². The molecule has 0 aromatic heterocycles. The molecule has 0 saturated heterocycles. The number of nitrogens with one attached hydrogen (secondary N) is 1. The van der Waals surface area contributed by atoms with Crippen LogP contribution in [0, 0.1) is 0 Å². The zero-order valence-electron chi connectivity index (χ0n) is 7.91. The Hall–Kier alpha value is -0.820. The zero-order chi connectivity index (χ0) is 9.28. The molecule has 0 rings (SSSR count). The van der Waals surface area contributed by atoms with Gasteiger partial charge < -0.3 is 5.32 Å². The highest BCUT2D eigenvalue weighted by molar-refractivity contribution is 5.26. The lowest BCUT2D eigenvalue weighted by Crippen LogP contribution is -2.10. The van der Waals surface area contributed by atoms with Gasteiger partial charge in [0, 0.05) is 6.54 Å². The van der Waals surface area contributed by atoms with Crippen LogP contribution in [0.25, 0.3) is 0 Å². The first-order chi connectivity index (χ1) is 5.22. The molecule has 0 spiro atoms. The van der Waals surface area contributed by atoms with Crippen LogP contribution in [0.3, 0.4) is 0 Å². The second kappa shape index (κ2) is 9.18. The van der Waals surface area contributed by atoms with Crippen molar-refractivity contribution < 1.29 is 0 Å². The normalized spacial score (nSPS) is 9.91. The summed E-state index contributed by atoms with van der Waals surface area (Å²) in [6.45, 7) is 14.8. The average Bonchev–Trinajstić information content (AvgIpc) is 2.03. The van der Waals surface area contributed by atoms with Crippen molar-refractivity contribution in [2.24, 2.45) is 0 Å². The van der Waals surface area contributed by atoms with Gasteiger partial charge in [0.1, 0.15) is 0 Å². The van der Waals surface area contributed by atoms with Crippen molar-refractivity contribution in [1.82, 2.24) is 5.32 Å². The van der Waals surface area contributed by atoms with Gasteiger partial charge in [-0.15, -0.1) is 13.2 Å². The number of rotatable bonds is 3. The van der Waals surface area contributed by atoms with Gasteiger partial charge in [-0.3, -0.25) is 0 Å². The molecule has 0 fully saturated rings. The quantitative estimate of drug-likeness (QED) is 0.485. The van der Waals surface area contributed by atoms with Crippen LogP contribution in [-0.4, -0.2) is 13.6 Å². The third-order valence-electron chi connectivity index (χ3n) is 1.26. The molecule has 1 nitrogen and oxygen atoms in total. The van der Waals surface area contributed by atoms with Crippen LogP contribution in [0.2, 0.25) is 0 Å². The minimum atomic E-state index is 0.922. The van der Waals surface area contributed by atoms with Crippen molar-refractivity contribution in [3.05, 3.63) is 37.0 Å². The Balaban J connectivity index is 0. The van der Waals surface area contributed by atoms with E-state index in [2.05, 4.69) is 31.1 Å². The third-order valence-corrected chi connectivity index (χ3v) is 1.26. The van der Waals surface area contributed by atoms with Gasteiger partial charge in [0.05, 0.1) is 0 Å². The molecule has 0 unspecified atom stereocenters. The Labute approximate surface area is 70.5 Å². The summed E-state index contributed by atoms with van der Waals surface area (Å²) in [6.07, 6.45) is 2.08. The fourth-order valence-electron chi connectivity index (χ4n) is 0.690. The molecule has 0 heterocycles. The maximum Gasteiger partial charge on any atom is 0.0201 e. The molecule has 0 aliphatic heterocycles. The van der Waals surface area contributed by atoms with Crippen molar-refractivity contribution in [3.63, 3.8) is 0 Å². The molecule has 11 heavy (non-hydrogen) atoms. The maximum atomic E-state index is 3.84. The van der Waals surface area contributed by atoms with Crippen molar-refractivity contribution in [3.8, 4) is 0 Å². The van der Waals surface area contributed by atoms with Crippen LogP contribution in [0.15, 0.2) is 37.0 Å². The minimum Gasteiger partial charge on any atom is -0.316 e. The lowest BCUT2D eigenvalue weighted by molar-refractivity contribution is 0.884. The monoisotopic (exact) mass is 153 g/mol. The van der Waals surface area contributed by atoms with Crippen molar-refractivity contribution >= 4 is 0 Å². The van der Waals surface area contributed by atoms with E-state index in [1.165, 1.54) is 5.57 Å². The summed E-state index contributed by atoms with van der Waals surface area (Å²) >= 11 is 0. The zero-order valence-corrected chi connectivity index (χ0v) is 7.91. The van der Waals surface area contributed by atoms with Crippen molar-refractivity contribution in [1.29, 1.82) is 0 Å². The molecular formula is C10H19N. The van der Waals surface area contributed by atoms with Crippen LogP contribution in [0.4, 0.5) is 0 Å². The maximum absolute atomic E-state index is 3.84. The molecule has 0 radical (unpaired) electrons. The molecule has 0 atom stereocenters. The topological polar surface area (TPSA) is 12.0 Å². The summed E-state index contributed by atoms with van der Waals surface area (Å²) in [7, 11) is 1.94. The molecule has 0 bridgehead atoms. The minimum absolute atomic E-state index is 0.922. The Morgan fingerprint density at radius 1 is 1.45 bits per heavy atom. The SMILES string of the molecule is C=C.C=C(C)/C(=C\C)CNC. The predicted octanol–water partition coefficient (Wildman–Crippen LogP) is 2.53. The van der Waals surface area contributed by atoms with E-state index in [4.69, 9.17) is 0 Å². The Morgan fingerprint density at radius 2 is 1.91 bits per heavy atom. The smallest absolute Gasteiger partial charge is 0.0201 e. The fourth-order valence-corrected chi connectivity index (χ4v) is 0.690. The Kier molecular flexibility index (Phi) is 10.7. The number of likely N-dealkylation sites (N-methyl/N-ethyl adjacent to an activating group) is 1. The molecular weight excluding hydrogens is 134 g/mol. The molecule has 0 aromatic rings. The Morgan fingerprint density at radius 3 is 2.00 bits per heavy atom. The molecule has 64 valence electrons. The van der Waals surface area contributed by atoms with Gasteiger partial charge in [-0.1, -0.05) is 18.2 Å². The lowest BCUT2D eigenvalue weighted by Gasteiger charge is -2.03. The third kappa shape index (κ3) is 7.07. The van der Waals surface area contributed by atoms with E-state index in [9.17, 15) is 0 Å². The van der Waals surface area contributed by atoms with Gasteiger partial charge >= 0.3 is 0 Å². The van der Waals surface area contributed by atoms with Crippen molar-refractivity contribution in [2.75, 3.05) is 13.6 Å². The van der Waals surface area contributed by atoms with E-state index in [1.807, 2.05) is 20.9 Å². The average molecular weight is 153 g/mol. The van der Waals surface area contributed by atoms with Crippen LogP contribution in [-0.2, 0) is 0 Å². The summed E-state index contributed by atoms with van der Waals surface area (Å²) in [4.78, 5) is 0. The van der Waals surface area contributed by atoms with Crippen LogP contribution >= 0.6 is 0 Å². The van der Waals surface area contributed by atoms with Crippen LogP contribution < -0.4 is 5.32 Å². The Bertz CT molecular complexity index is 134. The van der Waals surface area contributed by atoms with E-state index in [0.29, 0.717) is 0 Å². The molecule has 0 aliphatic carbocycles. The van der Waals surface area contributed by atoms with Gasteiger partial charge in [-0.25, -0.2) is 0 Å². The van der Waals surface area contributed by atoms with Gasteiger partial charge in [0.25, 0.3) is 0 Å². The molecule has 1 heteroatoms. The first-order valence-corrected chi connectivity index (χ1v) is 3.68. The van der Waals surface area contributed by atoms with Crippen molar-refractivity contribution in [2.45, 2.75) is 13.8 Å². The van der Waals surface area contributed by atoms with Gasteiger partial charge in [0.15, 0.2) is 0 Å². The molecule has 1 N–H and O–H groups in total. The second-order valence-electron chi connectivity index (χ2n) is 2.12. The summed E-state index contributed by atoms with van der Waals surface area (Å²) in [5, 5.41) is 3.07. The number of allylic oxidation sites excluding steroid dienone is 1. The summed E-state index contributed by atoms with van der Waals surface area (Å²) in [5.41, 5.74) is 2.43. The van der Waals surface area contributed by atoms with E-state index < -0.39 is 0 Å². The molecule has 0 saturated carbocycles. The highest BCUT2D eigenvalue weighted by Gasteiger charge is 1.91. The van der Waals surface area contributed by atoms with E-state index >= 15 is 0 Å². The van der Waals surface area contributed by atoms with Gasteiger partial charge in [0.2, 0.25) is 0 Å². The first-order valence-electron chi connectivity index (χ1n) is 3.68. The van der Waals surface area contributed by atoms with E-state index in [0.717, 1.165) is 12.1 Å². The van der Waals surface area contributed by atoms with Gasteiger partial charge in [-0.05, 0) is 26.5 Å². The largest absolute Gasteiger partial charge is 0.316 e. The standard InChI is InChI=1S/C8H15N.C2H4/c1-5-8(6-9-4)7(2)3;1-2/h5,9H,2,6H2,1,3-4H3;1-2H2/b8-5-;. The summed E-state index contributed by atoms with van der Waals surface area (Å²) in [5.74, 6) is 0. The highest BCUT2D eigenvalue weighted by atomic mass is 14.8. The summed E-state index contributed by atoms with van der Waals surface area (Å²) < 4.78 is 0. The molecule has 0 amide bonds. The van der Waals surface area contributed by atoms with E-state index in [-0.39, 0.29) is 0 Å². The summed E-state index contributed by atoms with van der Waals surface area (Å²) in [6, 6.07) is 0. The highest BCUT2D eigenvalue weighted by Crippen LogP contribution is 2.03. The van der Waals surface area contributed by atoms with E-state index in [1.54, 1.807) is 0 Å². The molecule has 0 aliphatic rings. The predicted molar refractivity (Wildman–Crippen MR) is 53.8 cm³/mol. The molecule has 0 aromatic carbocycles. The lowest BCUT2D eigenvalue weighted by atomic mass is 10.1.